The number of ether oxygens (including phenoxy) is 1. The predicted molar refractivity (Wildman–Crippen MR) is 501 cm³/mol. The van der Waals surface area contributed by atoms with Gasteiger partial charge in [0.05, 0.1) is 73.8 Å². The van der Waals surface area contributed by atoms with Gasteiger partial charge in [0, 0.05) is 0 Å². The normalized spacial score (nSPS) is 16.8. The van der Waals surface area contributed by atoms with Crippen molar-refractivity contribution in [2.75, 3.05) is 6.61 Å². The van der Waals surface area contributed by atoms with E-state index in [1.807, 2.05) is 27.7 Å². The number of hydrogen-bond acceptors (Lipinski definition) is 11. The highest BCUT2D eigenvalue weighted by Gasteiger charge is 2.22. The van der Waals surface area contributed by atoms with E-state index >= 15 is 0 Å². The Kier molecular flexibility index (Phi) is 93.3. The molecule has 0 spiro atoms. The van der Waals surface area contributed by atoms with Crippen LogP contribution in [0, 0.1) is 160 Å². The van der Waals surface area contributed by atoms with E-state index in [1.165, 1.54) is 0 Å². The Hall–Kier alpha value is -0.440. The average Bonchev–Trinajstić information content (AvgIpc) is 0.973. The van der Waals surface area contributed by atoms with Crippen molar-refractivity contribution in [1.82, 2.24) is 0 Å². The van der Waals surface area contributed by atoms with Crippen molar-refractivity contribution in [2.45, 2.75) is 489 Å². The van der Waals surface area contributed by atoms with Crippen LogP contribution in [0.25, 0.3) is 0 Å². The molecule has 11 nitrogen and oxygen atoms in total. The minimum atomic E-state index is -0.317. The number of hydrogen-bond donors (Lipinski definition) is 10. The summed E-state index contributed by atoms with van der Waals surface area (Å²) >= 11 is 0. The highest BCUT2D eigenvalue weighted by atomic mass is 16.5. The summed E-state index contributed by atoms with van der Waals surface area (Å²) in [4.78, 5) is 0. The molecule has 0 aliphatic rings. The van der Waals surface area contributed by atoms with Gasteiger partial charge >= 0.3 is 0 Å². The fourth-order valence-electron chi connectivity index (χ4n) is 9.42. The van der Waals surface area contributed by atoms with Crippen LogP contribution in [0.2, 0.25) is 0 Å². The summed E-state index contributed by atoms with van der Waals surface area (Å²) in [6.45, 7) is 103. The zero-order valence-electron chi connectivity index (χ0n) is 85.4. The van der Waals surface area contributed by atoms with Gasteiger partial charge in [0.25, 0.3) is 0 Å². The van der Waals surface area contributed by atoms with Crippen molar-refractivity contribution in [3.8, 4) is 0 Å². The van der Waals surface area contributed by atoms with Crippen LogP contribution in [0.5, 0.6) is 0 Å². The van der Waals surface area contributed by atoms with Crippen molar-refractivity contribution < 1.29 is 55.8 Å². The van der Waals surface area contributed by atoms with Crippen molar-refractivity contribution in [3.63, 3.8) is 0 Å². The Morgan fingerprint density at radius 2 is 0.277 bits per heavy atom. The molecule has 0 radical (unpaired) electrons. The van der Waals surface area contributed by atoms with Gasteiger partial charge in [-0.15, -0.1) is 0 Å². The third-order valence-electron chi connectivity index (χ3n) is 24.6. The molecule has 0 saturated carbocycles. The average molecular weight is 1610 g/mol. The van der Waals surface area contributed by atoms with Crippen LogP contribution in [-0.2, 0) is 4.74 Å². The third kappa shape index (κ3) is 93.4. The fourth-order valence-corrected chi connectivity index (χ4v) is 9.42. The molecule has 0 aromatic rings. The molecule has 0 heterocycles. The predicted octanol–water partition coefficient (Wildman–Crippen LogP) is 26.9. The van der Waals surface area contributed by atoms with E-state index in [4.69, 9.17) is 4.74 Å². The van der Waals surface area contributed by atoms with E-state index in [9.17, 15) is 51.1 Å². The summed E-state index contributed by atoms with van der Waals surface area (Å²) in [5.74, 6) is 15.8. The quantitative estimate of drug-likeness (QED) is 0.0277. The van der Waals surface area contributed by atoms with Crippen molar-refractivity contribution >= 4 is 0 Å². The second-order valence-electron chi connectivity index (χ2n) is 42.5. The first-order chi connectivity index (χ1) is 50.7. The van der Waals surface area contributed by atoms with Gasteiger partial charge in [-0.1, -0.05) is 318 Å². The van der Waals surface area contributed by atoms with Gasteiger partial charge in [-0.2, -0.15) is 0 Å². The molecule has 0 rings (SSSR count). The lowest BCUT2D eigenvalue weighted by atomic mass is 9.89. The number of aliphatic hydroxyl groups excluding tert-OH is 10. The summed E-state index contributed by atoms with van der Waals surface area (Å²) in [5, 5.41) is 95.0. The number of rotatable bonds is 44. The van der Waals surface area contributed by atoms with Crippen LogP contribution in [0.15, 0.2) is 0 Å². The zero-order chi connectivity index (χ0) is 91.3. The second kappa shape index (κ2) is 79.1. The topological polar surface area (TPSA) is 212 Å². The Balaban J connectivity index is -0.000000129. The largest absolute Gasteiger partial charge is 0.393 e. The smallest absolute Gasteiger partial charge is 0.0796 e. The molecule has 10 N–H and O–H groups in total. The highest BCUT2D eigenvalue weighted by Crippen LogP contribution is 2.26. The van der Waals surface area contributed by atoms with Crippen LogP contribution in [0.4, 0.5) is 0 Å². The first kappa shape index (κ1) is 132. The van der Waals surface area contributed by atoms with Crippen molar-refractivity contribution in [1.29, 1.82) is 0 Å². The lowest BCUT2D eigenvalue weighted by molar-refractivity contribution is -0.0127. The first-order valence-electron chi connectivity index (χ1n) is 47.1. The lowest BCUT2D eigenvalue weighted by Crippen LogP contribution is -2.23. The summed E-state index contributed by atoms with van der Waals surface area (Å²) in [6, 6.07) is 0. The minimum absolute atomic E-state index is 0.0950. The molecule has 112 heavy (non-hydrogen) atoms. The van der Waals surface area contributed by atoms with Gasteiger partial charge in [0.15, 0.2) is 0 Å². The molecule has 0 aromatic heterocycles. The third-order valence-corrected chi connectivity index (χ3v) is 24.6. The van der Waals surface area contributed by atoms with E-state index in [-0.39, 0.29) is 67.1 Å². The monoisotopic (exact) mass is 1610 g/mol. The molecule has 0 bridgehead atoms. The lowest BCUT2D eigenvalue weighted by Gasteiger charge is -2.21. The maximum absolute atomic E-state index is 9.56. The van der Waals surface area contributed by atoms with Crippen LogP contribution < -0.4 is 0 Å². The Bertz CT molecular complexity index is 1500. The SMILES string of the molecule is CC(C)CCC(O)C(C)C.CC(C)OCC(O)C(C)C.CC(C)[C@@H](C)CC[C@H](O)C(C)C.CC(C)[C@@H](C)C[C@H](O)C(C)C.CC(C)[C@H](C)CC[C@@H](O)C(C)C.CC(C)[C@H](C)CC[C@H](O)C(C)C.CC(C)[C@H](C)C[C@@H](O)C(C)C.CC(C)[C@H](C)C[C@H](O)C(C)C.CC(C)[C@H](O)CC[C@H](C)C(C)C.CC(C)[C@H](O)C[C@H](C)C(C)C. The van der Waals surface area contributed by atoms with E-state index in [0.717, 1.165) is 137 Å². The highest BCUT2D eigenvalue weighted by molar-refractivity contribution is 4.73. The zero-order valence-corrected chi connectivity index (χ0v) is 85.4. The van der Waals surface area contributed by atoms with Crippen LogP contribution >= 0.6 is 0 Å². The van der Waals surface area contributed by atoms with E-state index < -0.39 is 0 Å². The Morgan fingerprint density at radius 3 is 0.384 bits per heavy atom. The molecular formula is C101H222O11. The van der Waals surface area contributed by atoms with Crippen LogP contribution in [0.3, 0.4) is 0 Å². The first-order valence-corrected chi connectivity index (χ1v) is 47.1. The molecule has 18 atom stereocenters. The van der Waals surface area contributed by atoms with Crippen molar-refractivity contribution in [3.05, 3.63) is 0 Å². The molecule has 0 aromatic carbocycles. The summed E-state index contributed by atoms with van der Waals surface area (Å²) in [5.41, 5.74) is 0. The fraction of sp³-hybridized carbons (Fsp3) is 1.00. The summed E-state index contributed by atoms with van der Waals surface area (Å²) in [6.07, 6.45) is 13.2. The maximum atomic E-state index is 9.56. The summed E-state index contributed by atoms with van der Waals surface area (Å²) < 4.78 is 5.21. The molecule has 11 heteroatoms. The summed E-state index contributed by atoms with van der Waals surface area (Å²) in [7, 11) is 0. The second-order valence-corrected chi connectivity index (χ2v) is 42.5. The molecule has 0 aliphatic heterocycles. The molecule has 2 unspecified atom stereocenters. The van der Waals surface area contributed by atoms with Gasteiger partial charge in [0.1, 0.15) is 0 Å². The molecular weight excluding hydrogens is 1390 g/mol. The Morgan fingerprint density at radius 1 is 0.143 bits per heavy atom. The number of aliphatic hydroxyl groups is 10. The van der Waals surface area contributed by atoms with Gasteiger partial charge < -0.3 is 55.8 Å². The van der Waals surface area contributed by atoms with E-state index in [2.05, 4.69) is 305 Å². The maximum Gasteiger partial charge on any atom is 0.0796 e. The standard InChI is InChI=1S/4C11H24O.4C10H22O.C9H20O.C8H18O2/c4*1-8(2)10(5)6-7-11(12)9(3)4;4*1-7(2)9(5)6-10(11)8(3)4;1-7(2)5-6-9(10)8(3)4;1-6(2)8(9)5-10-7(3)4/h4*8-12H,6-7H2,1-5H3;4*7-11H,6H2,1-5H3;7-10H,5-6H2,1-4H3;6-9H,5H2,1-4H3/t2*10-,11+;2*10-,11-;2*9-,10+;2*9-,10-;;/m10101010../s1. The van der Waals surface area contributed by atoms with Crippen molar-refractivity contribution in [2.24, 2.45) is 160 Å². The van der Waals surface area contributed by atoms with Crippen LogP contribution in [-0.4, -0.2) is 125 Å². The van der Waals surface area contributed by atoms with Gasteiger partial charge in [-0.25, -0.2) is 0 Å². The molecule has 692 valence electrons. The Labute approximate surface area is 707 Å². The van der Waals surface area contributed by atoms with Crippen LogP contribution in [0.1, 0.15) is 422 Å². The molecule has 0 aliphatic carbocycles. The van der Waals surface area contributed by atoms with Gasteiger partial charge in [0.2, 0.25) is 0 Å². The molecule has 0 amide bonds. The minimum Gasteiger partial charge on any atom is -0.393 e. The molecule has 0 saturated heterocycles. The van der Waals surface area contributed by atoms with E-state index in [1.54, 1.807) is 0 Å². The van der Waals surface area contributed by atoms with Gasteiger partial charge in [-0.05, 0) is 264 Å². The van der Waals surface area contributed by atoms with Gasteiger partial charge in [-0.3, -0.25) is 0 Å². The van der Waals surface area contributed by atoms with E-state index in [0.29, 0.717) is 119 Å². The molecule has 0 fully saturated rings.